The number of rotatable bonds is 7. The van der Waals surface area contributed by atoms with Gasteiger partial charge in [0.15, 0.2) is 6.29 Å². The van der Waals surface area contributed by atoms with Gasteiger partial charge in [-0.3, -0.25) is 4.79 Å². The van der Waals surface area contributed by atoms with Crippen LogP contribution in [0.2, 0.25) is 5.02 Å². The molecule has 2 aliphatic heterocycles. The number of amides is 1. The Kier molecular flexibility index (Phi) is 7.50. The van der Waals surface area contributed by atoms with E-state index >= 15 is 0 Å². The zero-order valence-electron chi connectivity index (χ0n) is 19.9. The smallest absolute Gasteiger partial charge is 0.246 e. The van der Waals surface area contributed by atoms with Crippen LogP contribution < -0.4 is 15.0 Å². The molecule has 3 heterocycles. The summed E-state index contributed by atoms with van der Waals surface area (Å²) < 4.78 is 16.8. The lowest BCUT2D eigenvalue weighted by Crippen LogP contribution is -2.48. The van der Waals surface area contributed by atoms with Gasteiger partial charge in [0.25, 0.3) is 0 Å². The molecule has 0 aliphatic carbocycles. The van der Waals surface area contributed by atoms with Crippen LogP contribution in [0.25, 0.3) is 10.9 Å². The molecule has 2 fully saturated rings. The molecule has 5 rings (SSSR count). The van der Waals surface area contributed by atoms with E-state index in [1.54, 1.807) is 6.07 Å². The molecule has 2 aromatic carbocycles. The summed E-state index contributed by atoms with van der Waals surface area (Å²) in [6, 6.07) is 11.6. The summed E-state index contributed by atoms with van der Waals surface area (Å²) in [5.74, 6) is 1.21. The number of nitrogens with zero attached hydrogens (tertiary/aromatic N) is 4. The van der Waals surface area contributed by atoms with E-state index in [2.05, 4.69) is 32.8 Å². The van der Waals surface area contributed by atoms with Crippen LogP contribution in [-0.2, 0) is 14.3 Å². The van der Waals surface area contributed by atoms with E-state index in [0.29, 0.717) is 42.9 Å². The van der Waals surface area contributed by atoms with Crippen molar-refractivity contribution in [2.75, 3.05) is 56.2 Å². The number of aromatic nitrogens is 2. The highest BCUT2D eigenvalue weighted by Gasteiger charge is 2.20. The number of benzene rings is 2. The molecule has 0 spiro atoms. The first-order chi connectivity index (χ1) is 17.6. The largest absolute Gasteiger partial charge is 0.487 e. The van der Waals surface area contributed by atoms with Gasteiger partial charge in [0.05, 0.1) is 23.8 Å². The summed E-state index contributed by atoms with van der Waals surface area (Å²) >= 11 is 6.48. The van der Waals surface area contributed by atoms with E-state index in [1.165, 1.54) is 12.4 Å². The maximum absolute atomic E-state index is 11.9. The number of piperazine rings is 1. The lowest BCUT2D eigenvalue weighted by molar-refractivity contribution is -0.191. The molecule has 0 atom stereocenters. The zero-order valence-corrected chi connectivity index (χ0v) is 20.6. The number of hydrogen-bond acceptors (Lipinski definition) is 8. The van der Waals surface area contributed by atoms with Gasteiger partial charge in [-0.15, -0.1) is 0 Å². The fraction of sp³-hybridized carbons (Fsp3) is 0.346. The lowest BCUT2D eigenvalue weighted by atomic mass is 10.1. The lowest BCUT2D eigenvalue weighted by Gasteiger charge is -2.35. The first kappa shape index (κ1) is 24.3. The van der Waals surface area contributed by atoms with E-state index < -0.39 is 0 Å². The molecule has 2 saturated heterocycles. The molecule has 1 N–H and O–H groups in total. The quantitative estimate of drug-likeness (QED) is 0.478. The Balaban J connectivity index is 1.29. The zero-order chi connectivity index (χ0) is 24.9. The second-order valence-electron chi connectivity index (χ2n) is 8.55. The molecule has 9 nitrogen and oxygen atoms in total. The maximum Gasteiger partial charge on any atom is 0.246 e. The summed E-state index contributed by atoms with van der Waals surface area (Å²) in [7, 11) is 0. The first-order valence-electron chi connectivity index (χ1n) is 11.9. The van der Waals surface area contributed by atoms with E-state index in [4.69, 9.17) is 25.8 Å². The molecule has 36 heavy (non-hydrogen) atoms. The van der Waals surface area contributed by atoms with Crippen molar-refractivity contribution in [1.29, 1.82) is 0 Å². The van der Waals surface area contributed by atoms with Crippen LogP contribution in [0.3, 0.4) is 0 Å². The van der Waals surface area contributed by atoms with E-state index in [1.807, 2.05) is 29.2 Å². The third-order valence-electron chi connectivity index (χ3n) is 6.22. The van der Waals surface area contributed by atoms with Crippen molar-refractivity contribution in [3.05, 3.63) is 60.4 Å². The van der Waals surface area contributed by atoms with Gasteiger partial charge in [0.2, 0.25) is 5.91 Å². The minimum Gasteiger partial charge on any atom is -0.487 e. The van der Waals surface area contributed by atoms with Gasteiger partial charge in [0.1, 0.15) is 24.5 Å². The number of carbonyl (C=O) groups excluding carboxylic acids is 1. The van der Waals surface area contributed by atoms with Crippen LogP contribution in [0, 0.1) is 0 Å². The molecule has 0 unspecified atom stereocenters. The Morgan fingerprint density at radius 2 is 1.94 bits per heavy atom. The third kappa shape index (κ3) is 5.53. The molecule has 0 radical (unpaired) electrons. The summed E-state index contributed by atoms with van der Waals surface area (Å²) in [4.78, 5) is 24.8. The third-order valence-corrected chi connectivity index (χ3v) is 6.51. The van der Waals surface area contributed by atoms with Gasteiger partial charge in [-0.2, -0.15) is 0 Å². The summed E-state index contributed by atoms with van der Waals surface area (Å²) in [6.07, 6.45) is 3.42. The van der Waals surface area contributed by atoms with Gasteiger partial charge in [-0.05, 0) is 48.9 Å². The molecule has 1 amide bonds. The normalized spacial score (nSPS) is 16.7. The molecule has 188 valence electrons. The Bertz CT molecular complexity index is 1240. The highest BCUT2D eigenvalue weighted by Crippen LogP contribution is 2.32. The fourth-order valence-corrected chi connectivity index (χ4v) is 4.51. The minimum atomic E-state index is -0.375. The van der Waals surface area contributed by atoms with Crippen LogP contribution in [0.15, 0.2) is 55.4 Å². The molecule has 0 bridgehead atoms. The van der Waals surface area contributed by atoms with E-state index in [-0.39, 0.29) is 18.8 Å². The molecule has 0 saturated carbocycles. The van der Waals surface area contributed by atoms with Gasteiger partial charge in [0, 0.05) is 42.9 Å². The molecular formula is C26H28ClN5O4. The fourth-order valence-electron chi connectivity index (χ4n) is 4.28. The van der Waals surface area contributed by atoms with Gasteiger partial charge in [-0.25, -0.2) is 9.97 Å². The number of fused-ring (bicyclic) bond motifs is 1. The summed E-state index contributed by atoms with van der Waals surface area (Å²) in [6.45, 7) is 8.01. The highest BCUT2D eigenvalue weighted by atomic mass is 35.5. The van der Waals surface area contributed by atoms with Crippen molar-refractivity contribution < 1.29 is 19.0 Å². The highest BCUT2D eigenvalue weighted by molar-refractivity contribution is 6.32. The molecule has 2 aliphatic rings. The average molecular weight is 510 g/mol. The predicted octanol–water partition coefficient (Wildman–Crippen LogP) is 4.00. The summed E-state index contributed by atoms with van der Waals surface area (Å²) in [5.41, 5.74) is 2.66. The second kappa shape index (κ2) is 11.1. The molecule has 3 aromatic rings. The number of hydrogen-bond donors (Lipinski definition) is 1. The average Bonchev–Trinajstić information content (AvgIpc) is 2.93. The standard InChI is InChI=1S/C26H28ClN5O4/c1-2-24(33)32-10-8-31(9-11-32)19-5-6-22-20(15-19)26(29-17-28-22)30-18-4-7-23(21(27)14-18)36-16-25-34-12-3-13-35-25/h2,4-7,14-15,17,25H,1,3,8-13,16H2,(H,28,29,30). The van der Waals surface area contributed by atoms with Crippen molar-refractivity contribution in [2.24, 2.45) is 0 Å². The van der Waals surface area contributed by atoms with Crippen molar-refractivity contribution in [3.63, 3.8) is 0 Å². The van der Waals surface area contributed by atoms with Crippen LogP contribution in [-0.4, -0.2) is 73.1 Å². The van der Waals surface area contributed by atoms with E-state index in [0.717, 1.165) is 41.8 Å². The number of carbonyl (C=O) groups is 1. The second-order valence-corrected chi connectivity index (χ2v) is 8.95. The maximum atomic E-state index is 11.9. The topological polar surface area (TPSA) is 89.1 Å². The number of ether oxygens (including phenoxy) is 3. The van der Waals surface area contributed by atoms with Crippen molar-refractivity contribution in [2.45, 2.75) is 12.7 Å². The molecular weight excluding hydrogens is 482 g/mol. The van der Waals surface area contributed by atoms with Crippen LogP contribution in [0.1, 0.15) is 6.42 Å². The molecule has 1 aromatic heterocycles. The summed E-state index contributed by atoms with van der Waals surface area (Å²) in [5, 5.41) is 4.72. The Labute approximate surface area is 214 Å². The SMILES string of the molecule is C=CC(=O)N1CCN(c2ccc3ncnc(Nc4ccc(OCC5OCCCO5)c(Cl)c4)c3c2)CC1. The van der Waals surface area contributed by atoms with Crippen LogP contribution in [0.4, 0.5) is 17.2 Å². The predicted molar refractivity (Wildman–Crippen MR) is 139 cm³/mol. The van der Waals surface area contributed by atoms with Crippen molar-refractivity contribution in [3.8, 4) is 5.75 Å². The minimum absolute atomic E-state index is 0.0289. The van der Waals surface area contributed by atoms with Crippen molar-refractivity contribution >= 4 is 45.6 Å². The Morgan fingerprint density at radius 3 is 2.69 bits per heavy atom. The Morgan fingerprint density at radius 1 is 1.14 bits per heavy atom. The van der Waals surface area contributed by atoms with Gasteiger partial charge in [-0.1, -0.05) is 18.2 Å². The molecule has 10 heteroatoms. The van der Waals surface area contributed by atoms with E-state index in [9.17, 15) is 4.79 Å². The number of halogens is 1. The van der Waals surface area contributed by atoms with Crippen LogP contribution in [0.5, 0.6) is 5.75 Å². The van der Waals surface area contributed by atoms with Crippen LogP contribution >= 0.6 is 11.6 Å². The van der Waals surface area contributed by atoms with Crippen molar-refractivity contribution in [1.82, 2.24) is 14.9 Å². The van der Waals surface area contributed by atoms with Gasteiger partial charge < -0.3 is 29.3 Å². The first-order valence-corrected chi connectivity index (χ1v) is 12.3. The number of anilines is 3. The monoisotopic (exact) mass is 509 g/mol. The Hall–Kier alpha value is -3.40. The number of nitrogens with one attached hydrogen (secondary N) is 1. The van der Waals surface area contributed by atoms with Gasteiger partial charge >= 0.3 is 0 Å².